The van der Waals surface area contributed by atoms with Gasteiger partial charge >= 0.3 is 18.2 Å². The number of aryl methyl sites for hydroxylation is 1. The van der Waals surface area contributed by atoms with Crippen LogP contribution in [0.2, 0.25) is 0 Å². The summed E-state index contributed by atoms with van der Waals surface area (Å²) in [5, 5.41) is 30.4. The first-order chi connectivity index (χ1) is 34.1. The number of cyclic esters (lactones) is 2. The molecule has 21 nitrogen and oxygen atoms in total. The number of esters is 1. The fourth-order valence-electron chi connectivity index (χ4n) is 10.6. The second kappa shape index (κ2) is 24.6. The van der Waals surface area contributed by atoms with Crippen molar-refractivity contribution >= 4 is 23.8 Å². The summed E-state index contributed by atoms with van der Waals surface area (Å²) in [5.74, 6) is -1.93. The van der Waals surface area contributed by atoms with Crippen molar-refractivity contribution in [3.8, 4) is 11.3 Å². The number of rotatable bonds is 24. The first-order valence-electron chi connectivity index (χ1n) is 25.7. The smallest absolute Gasteiger partial charge is 0.412 e. The number of aliphatic hydroxyl groups excluding tert-OH is 1. The Labute approximate surface area is 431 Å². The lowest BCUT2D eigenvalue weighted by molar-refractivity contribution is -0.286. The van der Waals surface area contributed by atoms with E-state index in [2.05, 4.69) is 49.7 Å². The lowest BCUT2D eigenvalue weighted by atomic mass is 9.80. The molecule has 5 rings (SSSR count). The van der Waals surface area contributed by atoms with Gasteiger partial charge < -0.3 is 48.5 Å². The second-order valence-electron chi connectivity index (χ2n) is 22.3. The van der Waals surface area contributed by atoms with E-state index in [4.69, 9.17) is 38.7 Å². The zero-order chi connectivity index (χ0) is 54.2. The van der Waals surface area contributed by atoms with Crippen LogP contribution in [0.4, 0.5) is 15.3 Å². The van der Waals surface area contributed by atoms with E-state index in [-0.39, 0.29) is 30.5 Å². The Bertz CT molecular complexity index is 2280. The van der Waals surface area contributed by atoms with Crippen LogP contribution in [0.5, 0.6) is 0 Å². The first kappa shape index (κ1) is 58.9. The van der Waals surface area contributed by atoms with Crippen molar-refractivity contribution in [1.82, 2.24) is 30.1 Å². The van der Waals surface area contributed by atoms with Crippen molar-refractivity contribution in [2.75, 3.05) is 46.2 Å². The minimum Gasteiger partial charge on any atom is -0.456 e. The molecular formula is C52H84N10O11. The number of benzene rings is 1. The van der Waals surface area contributed by atoms with Crippen LogP contribution in [-0.2, 0) is 44.5 Å². The number of nitrogens with one attached hydrogen (secondary N) is 2. The van der Waals surface area contributed by atoms with Crippen molar-refractivity contribution in [3.63, 3.8) is 0 Å². The standard InChI is InChI=1S/C52H84N10O11/c1-17-41(63)52(13)43(62(48(66)73-52)24-19-18-23-61-30-39(57-59-61)36-21-20-22-37(25-36)56-47(65)72-49(7,8)9)35(6)54-28-31(2)27-51(12,67-16)44(33(4)42-34(5)45(64)71-50(10,11)70-42)69-46-32(3)40(60(14)15)26-38(68-46)29-55-58-53/h20-22,25,30-33,35,38,40-41,43-44,46,54,63H,17-19,23-24,26-29H2,1-16H3,(H,56,65)/t31-,32?,33+,35-,38?,40?,41-,43-,44-,46+,51-,52-/m1/s1. The maximum Gasteiger partial charge on any atom is 0.412 e. The predicted molar refractivity (Wildman–Crippen MR) is 275 cm³/mol. The highest BCUT2D eigenvalue weighted by Crippen LogP contribution is 2.42. The summed E-state index contributed by atoms with van der Waals surface area (Å²) in [4.78, 5) is 46.2. The van der Waals surface area contributed by atoms with E-state index in [0.717, 1.165) is 5.56 Å². The van der Waals surface area contributed by atoms with Gasteiger partial charge in [0.1, 0.15) is 17.1 Å². The lowest BCUT2D eigenvalue weighted by Crippen LogP contribution is -2.60. The van der Waals surface area contributed by atoms with Crippen molar-refractivity contribution in [2.24, 2.45) is 22.9 Å². The van der Waals surface area contributed by atoms with Gasteiger partial charge in [-0.3, -0.25) is 14.9 Å². The van der Waals surface area contributed by atoms with Gasteiger partial charge in [0.25, 0.3) is 0 Å². The van der Waals surface area contributed by atoms with Crippen LogP contribution >= 0.6 is 0 Å². The summed E-state index contributed by atoms with van der Waals surface area (Å²) in [7, 11) is 5.67. The SMILES string of the molecule is CC[C@@H](O)[C@@]1(C)OC(=O)N(CCCCn2cc(-c3cccc(NC(=O)OC(C)(C)C)c3)nn2)[C@@H]1[C@@H](C)NC[C@H](C)C[C@@](C)(OC)[C@H](O[C@@H]1OC(CN=[N+]=[N-])CC(N(C)C)C1C)[C@@H](C)C1=C(C)C(=O)OC(C)(C)O1. The van der Waals surface area contributed by atoms with Crippen LogP contribution in [0.25, 0.3) is 21.7 Å². The minimum atomic E-state index is -1.22. The summed E-state index contributed by atoms with van der Waals surface area (Å²) in [5.41, 5.74) is 8.69. The zero-order valence-corrected chi connectivity index (χ0v) is 46.1. The van der Waals surface area contributed by atoms with Crippen LogP contribution in [0.15, 0.2) is 46.9 Å². The molecule has 4 heterocycles. The first-order valence-corrected chi connectivity index (χ1v) is 25.7. The van der Waals surface area contributed by atoms with Gasteiger partial charge in [-0.1, -0.05) is 50.2 Å². The van der Waals surface area contributed by atoms with Crippen LogP contribution in [0.1, 0.15) is 122 Å². The van der Waals surface area contributed by atoms with Gasteiger partial charge in [0, 0.05) is 74.1 Å². The number of methoxy groups -OCH3 is 1. The number of ether oxygens (including phenoxy) is 7. The number of aromatic nitrogens is 3. The molecule has 408 valence electrons. The molecule has 0 saturated carbocycles. The second-order valence-corrected chi connectivity index (χ2v) is 22.3. The van der Waals surface area contributed by atoms with E-state index in [1.54, 1.807) is 71.2 Å². The zero-order valence-electron chi connectivity index (χ0n) is 46.1. The Morgan fingerprint density at radius 2 is 1.79 bits per heavy atom. The molecule has 2 aromatic rings. The molecule has 3 N–H and O–H groups in total. The molecule has 0 aliphatic carbocycles. The number of nitrogens with zero attached hydrogens (tertiary/aromatic N) is 8. The molecular weight excluding hydrogens is 941 g/mol. The third kappa shape index (κ3) is 14.9. The van der Waals surface area contributed by atoms with Gasteiger partial charge in [-0.25, -0.2) is 14.4 Å². The van der Waals surface area contributed by atoms with Crippen molar-refractivity contribution in [3.05, 3.63) is 52.2 Å². The van der Waals surface area contributed by atoms with Crippen LogP contribution in [-0.4, -0.2) is 154 Å². The van der Waals surface area contributed by atoms with Crippen molar-refractivity contribution < 1.29 is 52.6 Å². The number of unbranched alkanes of at least 4 members (excludes halogenated alkanes) is 1. The number of anilines is 1. The molecule has 0 spiro atoms. The van der Waals surface area contributed by atoms with E-state index in [1.807, 2.05) is 66.2 Å². The number of carbonyl (C=O) groups is 3. The Hall–Kier alpha value is -5.02. The lowest BCUT2D eigenvalue weighted by Gasteiger charge is -2.48. The quantitative estimate of drug-likeness (QED) is 0.0223. The van der Waals surface area contributed by atoms with E-state index in [9.17, 15) is 19.5 Å². The number of amides is 2. The molecule has 3 unspecified atom stereocenters. The molecule has 21 heteroatoms. The molecule has 12 atom stereocenters. The fourth-order valence-corrected chi connectivity index (χ4v) is 10.6. The van der Waals surface area contributed by atoms with E-state index in [0.29, 0.717) is 74.5 Å². The maximum atomic E-state index is 13.7. The normalized spacial score (nSPS) is 26.2. The molecule has 1 aromatic carbocycles. The van der Waals surface area contributed by atoms with Crippen molar-refractivity contribution in [2.45, 2.75) is 194 Å². The van der Waals surface area contributed by atoms with Gasteiger partial charge in [-0.2, -0.15) is 0 Å². The summed E-state index contributed by atoms with van der Waals surface area (Å²) in [6.45, 7) is 25.9. The average molecular weight is 1030 g/mol. The summed E-state index contributed by atoms with van der Waals surface area (Å²) in [6.07, 6.45) is 0.869. The molecule has 2 fully saturated rings. The van der Waals surface area contributed by atoms with Gasteiger partial charge in [0.05, 0.1) is 48.3 Å². The molecule has 1 aromatic heterocycles. The Morgan fingerprint density at radius 1 is 1.10 bits per heavy atom. The van der Waals surface area contributed by atoms with Crippen LogP contribution in [0.3, 0.4) is 0 Å². The number of hydrogen-bond acceptors (Lipinski definition) is 16. The molecule has 2 amide bonds. The van der Waals surface area contributed by atoms with E-state index in [1.165, 1.54) is 0 Å². The summed E-state index contributed by atoms with van der Waals surface area (Å²) >= 11 is 0. The number of azide groups is 1. The fraction of sp³-hybridized carbons (Fsp3) is 0.750. The number of hydrogen-bond donors (Lipinski definition) is 3. The Kier molecular flexibility index (Phi) is 19.8. The highest BCUT2D eigenvalue weighted by atomic mass is 16.7. The molecule has 2 saturated heterocycles. The third-order valence-corrected chi connectivity index (χ3v) is 14.4. The van der Waals surface area contributed by atoms with Crippen molar-refractivity contribution in [1.29, 1.82) is 0 Å². The van der Waals surface area contributed by atoms with Crippen LogP contribution in [0, 0.1) is 17.8 Å². The van der Waals surface area contributed by atoms with Gasteiger partial charge in [0.15, 0.2) is 11.9 Å². The number of aliphatic hydroxyl groups is 1. The summed E-state index contributed by atoms with van der Waals surface area (Å²) < 4.78 is 45.4. The summed E-state index contributed by atoms with van der Waals surface area (Å²) in [6, 6.07) is 6.52. The average Bonchev–Trinajstić information content (AvgIpc) is 3.89. The molecule has 3 aliphatic rings. The Morgan fingerprint density at radius 3 is 2.44 bits per heavy atom. The van der Waals surface area contributed by atoms with Gasteiger partial charge in [-0.15, -0.1) is 5.10 Å². The number of carbonyl (C=O) groups excluding carboxylic acids is 3. The highest BCUT2D eigenvalue weighted by molar-refractivity contribution is 5.89. The molecule has 0 radical (unpaired) electrons. The largest absolute Gasteiger partial charge is 0.456 e. The molecule has 73 heavy (non-hydrogen) atoms. The minimum absolute atomic E-state index is 0.0449. The van der Waals surface area contributed by atoms with E-state index < -0.39 is 77.3 Å². The maximum absolute atomic E-state index is 13.7. The monoisotopic (exact) mass is 1020 g/mol. The topological polar surface area (TPSA) is 246 Å². The predicted octanol–water partition coefficient (Wildman–Crippen LogP) is 8.43. The third-order valence-electron chi connectivity index (χ3n) is 14.4. The van der Waals surface area contributed by atoms with Gasteiger partial charge in [0.2, 0.25) is 5.79 Å². The van der Waals surface area contributed by atoms with Gasteiger partial charge in [-0.05, 0) is 125 Å². The molecule has 3 aliphatic heterocycles. The van der Waals surface area contributed by atoms with Crippen LogP contribution < -0.4 is 10.6 Å². The molecule has 0 bridgehead atoms. The van der Waals surface area contributed by atoms with E-state index >= 15 is 0 Å². The highest BCUT2D eigenvalue weighted by Gasteiger charge is 2.56. The Balaban J connectivity index is 1.30.